The molecule has 1 heterocycles. The maximum absolute atomic E-state index is 10.6. The van der Waals surface area contributed by atoms with Gasteiger partial charge in [0, 0.05) is 6.20 Å². The molecule has 78 valence electrons. The lowest BCUT2D eigenvalue weighted by molar-refractivity contribution is -0.109. The Hall–Kier alpha value is -1.93. The van der Waals surface area contributed by atoms with Crippen molar-refractivity contribution in [3.8, 4) is 6.07 Å². The first-order chi connectivity index (χ1) is 7.30. The Labute approximate surface area is 88.1 Å². The van der Waals surface area contributed by atoms with E-state index in [-0.39, 0.29) is 0 Å². The minimum Gasteiger partial charge on any atom is -0.349 e. The van der Waals surface area contributed by atoms with Gasteiger partial charge in [-0.2, -0.15) is 5.26 Å². The quantitative estimate of drug-likeness (QED) is 0.539. The summed E-state index contributed by atoms with van der Waals surface area (Å²) in [5.41, 5.74) is 0.492. The van der Waals surface area contributed by atoms with Crippen LogP contribution in [0.5, 0.6) is 0 Å². The highest BCUT2D eigenvalue weighted by molar-refractivity contribution is 5.62. The summed E-state index contributed by atoms with van der Waals surface area (Å²) in [6.45, 7) is 2.59. The summed E-state index contributed by atoms with van der Waals surface area (Å²) >= 11 is 0. The molecule has 1 aromatic heterocycles. The first kappa shape index (κ1) is 11.1. The van der Waals surface area contributed by atoms with E-state index in [1.54, 1.807) is 12.1 Å². The minimum absolute atomic E-state index is 0.449. The number of rotatable bonds is 5. The second-order valence-electron chi connectivity index (χ2n) is 2.86. The fourth-order valence-electron chi connectivity index (χ4n) is 1.06. The van der Waals surface area contributed by atoms with Crippen molar-refractivity contribution in [3.63, 3.8) is 0 Å². The summed E-state index contributed by atoms with van der Waals surface area (Å²) in [5, 5.41) is 14.4. The van der Waals surface area contributed by atoms with Crippen LogP contribution in [-0.2, 0) is 4.79 Å². The molecule has 5 nitrogen and oxygen atoms in total. The third-order valence-electron chi connectivity index (χ3n) is 1.76. The van der Waals surface area contributed by atoms with Gasteiger partial charge in [-0.3, -0.25) is 10.1 Å². The Morgan fingerprint density at radius 2 is 2.47 bits per heavy atom. The minimum atomic E-state index is -0.449. The molecule has 0 amide bonds. The van der Waals surface area contributed by atoms with Crippen LogP contribution in [0.1, 0.15) is 12.5 Å². The van der Waals surface area contributed by atoms with Crippen molar-refractivity contribution >= 4 is 12.1 Å². The van der Waals surface area contributed by atoms with Crippen molar-refractivity contribution in [2.45, 2.75) is 13.1 Å². The molecule has 0 bridgehead atoms. The molecule has 0 aromatic carbocycles. The van der Waals surface area contributed by atoms with Crippen LogP contribution in [0.25, 0.3) is 0 Å². The average Bonchev–Trinajstić information content (AvgIpc) is 2.29. The predicted octanol–water partition coefficient (Wildman–Crippen LogP) is 0.500. The third-order valence-corrected chi connectivity index (χ3v) is 1.76. The van der Waals surface area contributed by atoms with Gasteiger partial charge in [0.15, 0.2) is 6.29 Å². The van der Waals surface area contributed by atoms with Crippen molar-refractivity contribution in [1.82, 2.24) is 10.3 Å². The molecule has 0 fully saturated rings. The molecule has 0 radical (unpaired) electrons. The molecule has 0 spiro atoms. The Balaban J connectivity index is 2.63. The first-order valence-electron chi connectivity index (χ1n) is 4.61. The number of hydrogen-bond donors (Lipinski definition) is 2. The zero-order valence-electron chi connectivity index (χ0n) is 8.40. The predicted molar refractivity (Wildman–Crippen MR) is 56.1 cm³/mol. The van der Waals surface area contributed by atoms with E-state index in [9.17, 15) is 4.79 Å². The molecule has 5 heteroatoms. The number of likely N-dealkylation sites (N-methyl/N-ethyl adjacent to an activating group) is 1. The zero-order chi connectivity index (χ0) is 11.1. The molecule has 0 aliphatic rings. The van der Waals surface area contributed by atoms with Gasteiger partial charge in [0.25, 0.3) is 0 Å². The van der Waals surface area contributed by atoms with Crippen molar-refractivity contribution in [2.75, 3.05) is 11.9 Å². The number of carbonyl (C=O) groups is 1. The van der Waals surface area contributed by atoms with Gasteiger partial charge >= 0.3 is 0 Å². The van der Waals surface area contributed by atoms with E-state index in [1.807, 2.05) is 13.0 Å². The van der Waals surface area contributed by atoms with E-state index in [1.165, 1.54) is 6.20 Å². The lowest BCUT2D eigenvalue weighted by atomic mass is 10.3. The van der Waals surface area contributed by atoms with Gasteiger partial charge in [-0.05, 0) is 18.7 Å². The van der Waals surface area contributed by atoms with Crippen molar-refractivity contribution < 1.29 is 4.79 Å². The van der Waals surface area contributed by atoms with Gasteiger partial charge in [0.1, 0.15) is 18.1 Å². The fraction of sp³-hybridized carbons (Fsp3) is 0.300. The van der Waals surface area contributed by atoms with Crippen LogP contribution in [0.15, 0.2) is 18.3 Å². The number of aromatic nitrogens is 1. The topological polar surface area (TPSA) is 77.8 Å². The van der Waals surface area contributed by atoms with Gasteiger partial charge < -0.3 is 5.32 Å². The molecule has 15 heavy (non-hydrogen) atoms. The lowest BCUT2D eigenvalue weighted by Crippen LogP contribution is -2.37. The van der Waals surface area contributed by atoms with Gasteiger partial charge in [0.05, 0.1) is 5.56 Å². The number of nitrogens with zero attached hydrogens (tertiary/aromatic N) is 2. The van der Waals surface area contributed by atoms with Crippen LogP contribution in [-0.4, -0.2) is 24.0 Å². The molecule has 0 saturated carbocycles. The van der Waals surface area contributed by atoms with E-state index < -0.39 is 6.17 Å². The Kier molecular flexibility index (Phi) is 4.26. The summed E-state index contributed by atoms with van der Waals surface area (Å²) < 4.78 is 0. The molecular formula is C10H12N4O. The van der Waals surface area contributed by atoms with Crippen molar-refractivity contribution in [1.29, 1.82) is 5.26 Å². The van der Waals surface area contributed by atoms with Crippen LogP contribution in [0.2, 0.25) is 0 Å². The maximum atomic E-state index is 10.6. The molecular weight excluding hydrogens is 192 g/mol. The van der Waals surface area contributed by atoms with Crippen LogP contribution in [0, 0.1) is 11.3 Å². The van der Waals surface area contributed by atoms with Crippen molar-refractivity contribution in [2.24, 2.45) is 0 Å². The fourth-order valence-corrected chi connectivity index (χ4v) is 1.06. The van der Waals surface area contributed by atoms with Crippen LogP contribution in [0.3, 0.4) is 0 Å². The van der Waals surface area contributed by atoms with Crippen LogP contribution in [0.4, 0.5) is 5.82 Å². The highest BCUT2D eigenvalue weighted by Gasteiger charge is 2.04. The molecule has 1 rings (SSSR count). The second kappa shape index (κ2) is 5.73. The Morgan fingerprint density at radius 3 is 2.93 bits per heavy atom. The molecule has 0 aliphatic heterocycles. The Morgan fingerprint density at radius 1 is 1.67 bits per heavy atom. The molecule has 0 aliphatic carbocycles. The third kappa shape index (κ3) is 3.37. The summed E-state index contributed by atoms with van der Waals surface area (Å²) in [6.07, 6.45) is 1.77. The molecule has 0 saturated heterocycles. The molecule has 1 aromatic rings. The number of nitrogens with one attached hydrogen (secondary N) is 2. The highest BCUT2D eigenvalue weighted by atomic mass is 16.1. The van der Waals surface area contributed by atoms with Gasteiger partial charge in [-0.15, -0.1) is 0 Å². The van der Waals surface area contributed by atoms with Crippen LogP contribution < -0.4 is 10.6 Å². The summed E-state index contributed by atoms with van der Waals surface area (Å²) in [7, 11) is 0. The highest BCUT2D eigenvalue weighted by Crippen LogP contribution is 2.04. The standard InChI is InChI=1S/C10H12N4O/c1-2-12-10(7-15)14-9-4-3-8(5-11)6-13-9/h3-4,6-7,10,12H,2H2,1H3,(H,13,14)/t10-/m0/s1. The van der Waals surface area contributed by atoms with E-state index in [4.69, 9.17) is 5.26 Å². The first-order valence-corrected chi connectivity index (χ1v) is 4.61. The Bertz CT molecular complexity index is 355. The SMILES string of the molecule is CCN[C@H](C=O)Nc1ccc(C#N)cn1. The number of anilines is 1. The normalized spacial score (nSPS) is 11.5. The van der Waals surface area contributed by atoms with E-state index in [2.05, 4.69) is 15.6 Å². The van der Waals surface area contributed by atoms with Gasteiger partial charge in [-0.25, -0.2) is 4.98 Å². The van der Waals surface area contributed by atoms with E-state index in [0.29, 0.717) is 17.9 Å². The average molecular weight is 204 g/mol. The lowest BCUT2D eigenvalue weighted by Gasteiger charge is -2.13. The molecule has 0 unspecified atom stereocenters. The summed E-state index contributed by atoms with van der Waals surface area (Å²) in [5.74, 6) is 0.562. The monoisotopic (exact) mass is 204 g/mol. The van der Waals surface area contributed by atoms with E-state index in [0.717, 1.165) is 6.29 Å². The summed E-state index contributed by atoms with van der Waals surface area (Å²) in [4.78, 5) is 14.6. The largest absolute Gasteiger partial charge is 0.349 e. The van der Waals surface area contributed by atoms with Crippen molar-refractivity contribution in [3.05, 3.63) is 23.9 Å². The number of nitriles is 1. The molecule has 1 atom stereocenters. The number of aldehydes is 1. The zero-order valence-corrected chi connectivity index (χ0v) is 8.40. The number of pyridine rings is 1. The smallest absolute Gasteiger partial charge is 0.157 e. The number of carbonyl (C=O) groups excluding carboxylic acids is 1. The van der Waals surface area contributed by atoms with E-state index >= 15 is 0 Å². The van der Waals surface area contributed by atoms with Crippen LogP contribution >= 0.6 is 0 Å². The second-order valence-corrected chi connectivity index (χ2v) is 2.86. The van der Waals surface area contributed by atoms with Gasteiger partial charge in [-0.1, -0.05) is 6.92 Å². The van der Waals surface area contributed by atoms with Gasteiger partial charge in [0.2, 0.25) is 0 Å². The summed E-state index contributed by atoms with van der Waals surface area (Å²) in [6, 6.07) is 5.27. The molecule has 2 N–H and O–H groups in total. The number of hydrogen-bond acceptors (Lipinski definition) is 5. The maximum Gasteiger partial charge on any atom is 0.157 e.